The third kappa shape index (κ3) is 4.21. The van der Waals surface area contributed by atoms with Crippen LogP contribution in [0, 0.1) is 0 Å². The highest BCUT2D eigenvalue weighted by atomic mass is 32.2. The predicted molar refractivity (Wildman–Crippen MR) is 80.5 cm³/mol. The molecule has 2 saturated heterocycles. The molecule has 0 aromatic rings. The van der Waals surface area contributed by atoms with Gasteiger partial charge < -0.3 is 16.0 Å². The molecule has 2 aliphatic rings. The summed E-state index contributed by atoms with van der Waals surface area (Å²) in [6, 6.07) is 0.516. The zero-order valence-electron chi connectivity index (χ0n) is 11.0. The fourth-order valence-corrected chi connectivity index (χ4v) is 4.27. The first-order valence-electron chi connectivity index (χ1n) is 6.72. The van der Waals surface area contributed by atoms with Gasteiger partial charge in [-0.15, -0.1) is 0 Å². The zero-order valence-corrected chi connectivity index (χ0v) is 12.7. The maximum absolute atomic E-state index is 11.4. The van der Waals surface area contributed by atoms with Crippen molar-refractivity contribution >= 4 is 36.3 Å². The summed E-state index contributed by atoms with van der Waals surface area (Å²) in [6.45, 7) is 1.84. The lowest BCUT2D eigenvalue weighted by atomic mass is 10.0. The smallest absolute Gasteiger partial charge is 0.315 e. The number of nitrogens with one attached hydrogen (secondary N) is 3. The third-order valence-electron chi connectivity index (χ3n) is 3.45. The van der Waals surface area contributed by atoms with E-state index in [0.717, 1.165) is 25.0 Å². The van der Waals surface area contributed by atoms with Crippen molar-refractivity contribution in [1.29, 1.82) is 0 Å². The maximum atomic E-state index is 11.4. The topological polar surface area (TPSA) is 70.2 Å². The first-order chi connectivity index (χ1) is 9.06. The van der Waals surface area contributed by atoms with Crippen LogP contribution in [0.2, 0.25) is 0 Å². The average Bonchev–Trinajstić information content (AvgIpc) is 2.83. The number of urea groups is 1. The Morgan fingerprint density at radius 2 is 2.32 bits per heavy atom. The third-order valence-corrected chi connectivity index (χ3v) is 5.09. The van der Waals surface area contributed by atoms with Gasteiger partial charge in [0.1, 0.15) is 0 Å². The molecule has 3 amide bonds. The summed E-state index contributed by atoms with van der Waals surface area (Å²) in [6.07, 6.45) is 3.52. The normalized spacial score (nSPS) is 30.4. The van der Waals surface area contributed by atoms with Gasteiger partial charge in [0.25, 0.3) is 0 Å². The minimum absolute atomic E-state index is 0.0394. The standard InChI is InChI=1S/C12H21N3O2S2/c1-7(18)13-10(16)5-3-2-4-9-11-8(6-19-9)14-12(17)15-11/h7-9,11,18H,2-6H2,1H3,(H,13,16)(H2,14,15,17)/t7?,8-,9-,11-/m0/s1. The molecule has 1 unspecified atom stereocenters. The molecule has 108 valence electrons. The van der Waals surface area contributed by atoms with Crippen LogP contribution in [-0.2, 0) is 4.79 Å². The molecule has 0 aliphatic carbocycles. The number of carbonyl (C=O) groups is 2. The van der Waals surface area contributed by atoms with Crippen molar-refractivity contribution in [1.82, 2.24) is 16.0 Å². The van der Waals surface area contributed by atoms with E-state index < -0.39 is 0 Å². The summed E-state index contributed by atoms with van der Waals surface area (Å²) in [7, 11) is 0. The van der Waals surface area contributed by atoms with E-state index in [-0.39, 0.29) is 29.4 Å². The first kappa shape index (κ1) is 14.8. The number of fused-ring (bicyclic) bond motifs is 1. The number of carbonyl (C=O) groups excluding carboxylic acids is 2. The molecule has 19 heavy (non-hydrogen) atoms. The van der Waals surface area contributed by atoms with Gasteiger partial charge in [0.15, 0.2) is 0 Å². The van der Waals surface area contributed by atoms with Gasteiger partial charge in [0.2, 0.25) is 5.91 Å². The number of amides is 3. The van der Waals surface area contributed by atoms with Gasteiger partial charge in [-0.2, -0.15) is 24.4 Å². The molecular weight excluding hydrogens is 282 g/mol. The number of unbranched alkanes of at least 4 members (excludes halogenated alkanes) is 1. The molecule has 0 radical (unpaired) electrons. The van der Waals surface area contributed by atoms with E-state index in [1.165, 1.54) is 0 Å². The van der Waals surface area contributed by atoms with Crippen molar-refractivity contribution in [2.45, 2.75) is 55.3 Å². The Morgan fingerprint density at radius 1 is 1.53 bits per heavy atom. The number of rotatable bonds is 6. The monoisotopic (exact) mass is 303 g/mol. The number of thioether (sulfide) groups is 1. The van der Waals surface area contributed by atoms with E-state index in [9.17, 15) is 9.59 Å². The molecule has 0 bridgehead atoms. The van der Waals surface area contributed by atoms with E-state index in [1.54, 1.807) is 0 Å². The Labute approximate surface area is 123 Å². The second-order valence-electron chi connectivity index (χ2n) is 5.11. The lowest BCUT2D eigenvalue weighted by molar-refractivity contribution is -0.121. The quantitative estimate of drug-likeness (QED) is 0.257. The van der Waals surface area contributed by atoms with Gasteiger partial charge >= 0.3 is 6.03 Å². The van der Waals surface area contributed by atoms with Crippen LogP contribution in [0.25, 0.3) is 0 Å². The number of hydrogen-bond donors (Lipinski definition) is 4. The summed E-state index contributed by atoms with van der Waals surface area (Å²) in [5.74, 6) is 1.06. The van der Waals surface area contributed by atoms with Crippen molar-refractivity contribution in [2.24, 2.45) is 0 Å². The van der Waals surface area contributed by atoms with E-state index in [1.807, 2.05) is 18.7 Å². The second kappa shape index (κ2) is 6.74. The average molecular weight is 303 g/mol. The molecule has 0 saturated carbocycles. The van der Waals surface area contributed by atoms with Gasteiger partial charge in [-0.25, -0.2) is 4.79 Å². The van der Waals surface area contributed by atoms with Crippen LogP contribution in [-0.4, -0.2) is 40.4 Å². The molecule has 0 spiro atoms. The molecule has 3 N–H and O–H groups in total. The van der Waals surface area contributed by atoms with Crippen LogP contribution >= 0.6 is 24.4 Å². The second-order valence-corrected chi connectivity index (χ2v) is 7.16. The van der Waals surface area contributed by atoms with Gasteiger partial charge in [-0.1, -0.05) is 6.42 Å². The highest BCUT2D eigenvalue weighted by Crippen LogP contribution is 2.33. The highest BCUT2D eigenvalue weighted by Gasteiger charge is 2.42. The fourth-order valence-electron chi connectivity index (χ4n) is 2.58. The molecule has 0 aromatic heterocycles. The molecular formula is C12H21N3O2S2. The lowest BCUT2D eigenvalue weighted by Crippen LogP contribution is -2.36. The molecule has 4 atom stereocenters. The lowest BCUT2D eigenvalue weighted by Gasteiger charge is -2.16. The van der Waals surface area contributed by atoms with Gasteiger partial charge in [-0.3, -0.25) is 4.79 Å². The van der Waals surface area contributed by atoms with Crippen LogP contribution in [0.3, 0.4) is 0 Å². The minimum atomic E-state index is -0.0848. The Morgan fingerprint density at radius 3 is 3.05 bits per heavy atom. The predicted octanol–water partition coefficient (Wildman–Crippen LogP) is 1.10. The van der Waals surface area contributed by atoms with E-state index in [0.29, 0.717) is 11.7 Å². The zero-order chi connectivity index (χ0) is 13.8. The van der Waals surface area contributed by atoms with Crippen LogP contribution in [0.5, 0.6) is 0 Å². The van der Waals surface area contributed by atoms with Gasteiger partial charge in [0.05, 0.1) is 17.5 Å². The first-order valence-corrected chi connectivity index (χ1v) is 8.29. The largest absolute Gasteiger partial charge is 0.345 e. The van der Waals surface area contributed by atoms with Crippen LogP contribution in [0.15, 0.2) is 0 Å². The van der Waals surface area contributed by atoms with E-state index >= 15 is 0 Å². The Bertz CT molecular complexity index is 352. The van der Waals surface area contributed by atoms with Crippen molar-refractivity contribution < 1.29 is 9.59 Å². The van der Waals surface area contributed by atoms with Crippen molar-refractivity contribution in [2.75, 3.05) is 5.75 Å². The van der Waals surface area contributed by atoms with Crippen molar-refractivity contribution in [3.8, 4) is 0 Å². The van der Waals surface area contributed by atoms with E-state index in [4.69, 9.17) is 0 Å². The van der Waals surface area contributed by atoms with Crippen molar-refractivity contribution in [3.63, 3.8) is 0 Å². The van der Waals surface area contributed by atoms with Crippen LogP contribution in [0.1, 0.15) is 32.6 Å². The van der Waals surface area contributed by atoms with Crippen LogP contribution in [0.4, 0.5) is 4.79 Å². The maximum Gasteiger partial charge on any atom is 0.315 e. The summed E-state index contributed by atoms with van der Waals surface area (Å²) in [5, 5.41) is 9.08. The SMILES string of the molecule is CC(S)NC(=O)CCCC[C@@H]1SC[C@@H]2NC(=O)N[C@@H]21. The Balaban J connectivity index is 1.61. The summed E-state index contributed by atoms with van der Waals surface area (Å²) >= 11 is 6.04. The minimum Gasteiger partial charge on any atom is -0.345 e. The van der Waals surface area contributed by atoms with Crippen LogP contribution < -0.4 is 16.0 Å². The van der Waals surface area contributed by atoms with Gasteiger partial charge in [-0.05, 0) is 19.8 Å². The molecule has 2 fully saturated rings. The summed E-state index contributed by atoms with van der Waals surface area (Å²) in [5.41, 5.74) is 0. The highest BCUT2D eigenvalue weighted by molar-refractivity contribution is 8.00. The Kier molecular flexibility index (Phi) is 5.27. The van der Waals surface area contributed by atoms with E-state index in [2.05, 4.69) is 28.6 Å². The fraction of sp³-hybridized carbons (Fsp3) is 0.833. The summed E-state index contributed by atoms with van der Waals surface area (Å²) < 4.78 is 0. The number of thiol groups is 1. The summed E-state index contributed by atoms with van der Waals surface area (Å²) in [4.78, 5) is 22.7. The van der Waals surface area contributed by atoms with Crippen molar-refractivity contribution in [3.05, 3.63) is 0 Å². The molecule has 2 heterocycles. The molecule has 7 heteroatoms. The Hall–Kier alpha value is -0.560. The molecule has 2 rings (SSSR count). The van der Waals surface area contributed by atoms with Gasteiger partial charge in [0, 0.05) is 17.4 Å². The molecule has 5 nitrogen and oxygen atoms in total. The number of hydrogen-bond acceptors (Lipinski definition) is 4. The molecule has 2 aliphatic heterocycles. The molecule has 0 aromatic carbocycles.